The molecule has 2 rings (SSSR count). The van der Waals surface area contributed by atoms with Crippen molar-refractivity contribution in [3.05, 3.63) is 23.8 Å². The van der Waals surface area contributed by atoms with Gasteiger partial charge in [0.25, 0.3) is 0 Å². The lowest BCUT2D eigenvalue weighted by atomic mass is 10.1. The zero-order chi connectivity index (χ0) is 14.4. The van der Waals surface area contributed by atoms with Crippen LogP contribution in [0.1, 0.15) is 45.6 Å². The lowest BCUT2D eigenvalue weighted by Crippen LogP contribution is -2.32. The number of unbranched alkanes of at least 4 members (excludes halogenated alkanes) is 2. The Morgan fingerprint density at radius 1 is 1.30 bits per heavy atom. The smallest absolute Gasteiger partial charge is 0.146 e. The van der Waals surface area contributed by atoms with Crippen molar-refractivity contribution in [3.63, 3.8) is 0 Å². The van der Waals surface area contributed by atoms with Gasteiger partial charge in [0.2, 0.25) is 0 Å². The fraction of sp³-hybridized carbons (Fsp3) is 0.647. The van der Waals surface area contributed by atoms with Crippen LogP contribution in [0.3, 0.4) is 0 Å². The van der Waals surface area contributed by atoms with Crippen LogP contribution in [0.15, 0.2) is 18.2 Å². The summed E-state index contributed by atoms with van der Waals surface area (Å²) in [6, 6.07) is 7.00. The lowest BCUT2D eigenvalue weighted by Gasteiger charge is -2.29. The van der Waals surface area contributed by atoms with E-state index < -0.39 is 0 Å². The first-order valence-corrected chi connectivity index (χ1v) is 7.95. The molecule has 0 radical (unpaired) electrons. The van der Waals surface area contributed by atoms with Crippen LogP contribution in [0.25, 0.3) is 0 Å². The Labute approximate surface area is 123 Å². The molecule has 0 spiro atoms. The van der Waals surface area contributed by atoms with Crippen LogP contribution < -0.4 is 10.1 Å². The van der Waals surface area contributed by atoms with Gasteiger partial charge in [-0.05, 0) is 32.9 Å². The number of para-hydroxylation sites is 1. The average Bonchev–Trinajstić information content (AvgIpc) is 2.46. The van der Waals surface area contributed by atoms with Crippen LogP contribution in [0.4, 0.5) is 5.69 Å². The van der Waals surface area contributed by atoms with Gasteiger partial charge in [-0.3, -0.25) is 4.90 Å². The highest BCUT2D eigenvalue weighted by Gasteiger charge is 2.17. The highest BCUT2D eigenvalue weighted by molar-refractivity contribution is 5.61. The third-order valence-corrected chi connectivity index (χ3v) is 3.91. The van der Waals surface area contributed by atoms with Gasteiger partial charge in [-0.15, -0.1) is 0 Å². The molecule has 1 aromatic carbocycles. The maximum atomic E-state index is 5.87. The van der Waals surface area contributed by atoms with E-state index in [2.05, 4.69) is 49.2 Å². The van der Waals surface area contributed by atoms with Crippen molar-refractivity contribution in [3.8, 4) is 5.75 Å². The summed E-state index contributed by atoms with van der Waals surface area (Å²) in [5.74, 6) is 1.06. The first-order chi connectivity index (χ1) is 9.72. The molecule has 1 aliphatic rings. The van der Waals surface area contributed by atoms with Gasteiger partial charge < -0.3 is 10.1 Å². The molecule has 3 nitrogen and oxygen atoms in total. The molecule has 0 aliphatic carbocycles. The molecular weight excluding hydrogens is 248 g/mol. The molecule has 0 saturated heterocycles. The minimum absolute atomic E-state index is 0.569. The highest BCUT2D eigenvalue weighted by Crippen LogP contribution is 2.32. The van der Waals surface area contributed by atoms with Gasteiger partial charge in [-0.1, -0.05) is 31.9 Å². The van der Waals surface area contributed by atoms with Gasteiger partial charge in [0.15, 0.2) is 0 Å². The fourth-order valence-electron chi connectivity index (χ4n) is 2.66. The lowest BCUT2D eigenvalue weighted by molar-refractivity contribution is 0.204. The molecule has 0 aromatic heterocycles. The Morgan fingerprint density at radius 3 is 2.90 bits per heavy atom. The minimum Gasteiger partial charge on any atom is -0.489 e. The van der Waals surface area contributed by atoms with Crippen molar-refractivity contribution >= 4 is 5.69 Å². The van der Waals surface area contributed by atoms with Crippen molar-refractivity contribution in [1.82, 2.24) is 4.90 Å². The summed E-state index contributed by atoms with van der Waals surface area (Å²) in [6.45, 7) is 10.6. The molecule has 112 valence electrons. The largest absolute Gasteiger partial charge is 0.489 e. The van der Waals surface area contributed by atoms with E-state index in [9.17, 15) is 0 Å². The predicted octanol–water partition coefficient (Wildman–Crippen LogP) is 3.89. The Bertz CT molecular complexity index is 417. The standard InChI is InChI=1S/C17H28N2O/c1-4-5-6-11-19(14(2)3)13-15-8-7-9-16-17(15)20-12-10-18-16/h7-9,14,18H,4-6,10-13H2,1-3H3. The van der Waals surface area contributed by atoms with Gasteiger partial charge in [0, 0.05) is 24.7 Å². The van der Waals surface area contributed by atoms with Crippen LogP contribution in [0.2, 0.25) is 0 Å². The molecule has 3 heteroatoms. The second-order valence-electron chi connectivity index (χ2n) is 5.84. The van der Waals surface area contributed by atoms with E-state index in [0.717, 1.165) is 31.1 Å². The number of nitrogens with zero attached hydrogens (tertiary/aromatic N) is 1. The number of rotatable bonds is 7. The van der Waals surface area contributed by atoms with E-state index in [4.69, 9.17) is 4.74 Å². The number of hydrogen-bond donors (Lipinski definition) is 1. The molecule has 0 unspecified atom stereocenters. The summed E-state index contributed by atoms with van der Waals surface area (Å²) in [5.41, 5.74) is 2.45. The maximum absolute atomic E-state index is 5.87. The number of ether oxygens (including phenoxy) is 1. The van der Waals surface area contributed by atoms with Gasteiger partial charge in [-0.2, -0.15) is 0 Å². The Balaban J connectivity index is 2.06. The first kappa shape index (κ1) is 15.2. The maximum Gasteiger partial charge on any atom is 0.146 e. The first-order valence-electron chi connectivity index (χ1n) is 7.95. The van der Waals surface area contributed by atoms with Gasteiger partial charge in [-0.25, -0.2) is 0 Å². The molecule has 0 atom stereocenters. The van der Waals surface area contributed by atoms with E-state index in [0.29, 0.717) is 6.04 Å². The minimum atomic E-state index is 0.569. The van der Waals surface area contributed by atoms with E-state index in [-0.39, 0.29) is 0 Å². The van der Waals surface area contributed by atoms with Gasteiger partial charge in [0.1, 0.15) is 12.4 Å². The van der Waals surface area contributed by atoms with Crippen molar-refractivity contribution in [2.24, 2.45) is 0 Å². The number of nitrogens with one attached hydrogen (secondary N) is 1. The number of benzene rings is 1. The highest BCUT2D eigenvalue weighted by atomic mass is 16.5. The van der Waals surface area contributed by atoms with E-state index in [1.54, 1.807) is 0 Å². The van der Waals surface area contributed by atoms with E-state index >= 15 is 0 Å². The third kappa shape index (κ3) is 3.89. The number of hydrogen-bond acceptors (Lipinski definition) is 3. The fourth-order valence-corrected chi connectivity index (χ4v) is 2.66. The molecular formula is C17H28N2O. The molecule has 0 amide bonds. The summed E-state index contributed by atoms with van der Waals surface area (Å²) < 4.78 is 5.87. The second kappa shape index (κ2) is 7.53. The predicted molar refractivity (Wildman–Crippen MR) is 85.5 cm³/mol. The monoisotopic (exact) mass is 276 g/mol. The summed E-state index contributed by atoms with van der Waals surface area (Å²) in [6.07, 6.45) is 3.87. The Morgan fingerprint density at radius 2 is 2.15 bits per heavy atom. The average molecular weight is 276 g/mol. The third-order valence-electron chi connectivity index (χ3n) is 3.91. The van der Waals surface area contributed by atoms with Crippen molar-refractivity contribution in [2.75, 3.05) is 25.0 Å². The van der Waals surface area contributed by atoms with Crippen molar-refractivity contribution in [2.45, 2.75) is 52.6 Å². The molecule has 1 N–H and O–H groups in total. The number of fused-ring (bicyclic) bond motifs is 1. The molecule has 0 bridgehead atoms. The van der Waals surface area contributed by atoms with E-state index in [1.807, 2.05) is 0 Å². The summed E-state index contributed by atoms with van der Waals surface area (Å²) in [4.78, 5) is 2.54. The zero-order valence-electron chi connectivity index (χ0n) is 13.1. The van der Waals surface area contributed by atoms with Crippen LogP contribution in [-0.2, 0) is 6.54 Å². The normalized spacial score (nSPS) is 14.1. The number of anilines is 1. The van der Waals surface area contributed by atoms with Gasteiger partial charge >= 0.3 is 0 Å². The molecule has 1 heterocycles. The van der Waals surface area contributed by atoms with Crippen molar-refractivity contribution in [1.29, 1.82) is 0 Å². The summed E-state index contributed by atoms with van der Waals surface area (Å²) in [7, 11) is 0. The Kier molecular flexibility index (Phi) is 5.72. The van der Waals surface area contributed by atoms with Crippen LogP contribution >= 0.6 is 0 Å². The van der Waals surface area contributed by atoms with E-state index in [1.165, 1.54) is 31.4 Å². The SMILES string of the molecule is CCCCCN(Cc1cccc2c1OCCN2)C(C)C. The topological polar surface area (TPSA) is 24.5 Å². The molecule has 1 aromatic rings. The summed E-state index contributed by atoms with van der Waals surface area (Å²) in [5, 5.41) is 3.41. The molecule has 0 saturated carbocycles. The molecule has 0 fully saturated rings. The zero-order valence-corrected chi connectivity index (χ0v) is 13.1. The quantitative estimate of drug-likeness (QED) is 0.765. The molecule has 20 heavy (non-hydrogen) atoms. The van der Waals surface area contributed by atoms with Crippen LogP contribution in [0.5, 0.6) is 5.75 Å². The van der Waals surface area contributed by atoms with Crippen LogP contribution in [0, 0.1) is 0 Å². The Hall–Kier alpha value is -1.22. The second-order valence-corrected chi connectivity index (χ2v) is 5.84. The summed E-state index contributed by atoms with van der Waals surface area (Å²) >= 11 is 0. The van der Waals surface area contributed by atoms with Gasteiger partial charge in [0.05, 0.1) is 5.69 Å². The van der Waals surface area contributed by atoms with Crippen molar-refractivity contribution < 1.29 is 4.74 Å². The molecule has 1 aliphatic heterocycles. The van der Waals surface area contributed by atoms with Crippen LogP contribution in [-0.4, -0.2) is 30.6 Å².